The number of hydrogen-bond acceptors (Lipinski definition) is 4. The van der Waals surface area contributed by atoms with Crippen molar-refractivity contribution in [1.82, 2.24) is 4.72 Å². The smallest absolute Gasteiger partial charge is 0.321 e. The van der Waals surface area contributed by atoms with Crippen LogP contribution in [0.2, 0.25) is 0 Å². The summed E-state index contributed by atoms with van der Waals surface area (Å²) < 4.78 is 29.5. The first-order valence-corrected chi connectivity index (χ1v) is 5.58. The molecule has 0 rings (SSSR count). The molecule has 84 valence electrons. The highest BCUT2D eigenvalue weighted by Crippen LogP contribution is 2.00. The summed E-state index contributed by atoms with van der Waals surface area (Å²) in [7, 11) is -2.24. The Morgan fingerprint density at radius 2 is 2.00 bits per heavy atom. The van der Waals surface area contributed by atoms with Crippen LogP contribution in [0.15, 0.2) is 0 Å². The Kier molecular flexibility index (Phi) is 5.03. The van der Waals surface area contributed by atoms with Gasteiger partial charge in [-0.2, -0.15) is 0 Å². The van der Waals surface area contributed by atoms with Crippen LogP contribution in [0.3, 0.4) is 0 Å². The summed E-state index contributed by atoms with van der Waals surface area (Å²) >= 11 is 0. The van der Waals surface area contributed by atoms with Crippen LogP contribution in [0.5, 0.6) is 0 Å². The Morgan fingerprint density at radius 3 is 2.36 bits per heavy atom. The lowest BCUT2D eigenvalue weighted by Gasteiger charge is -2.15. The molecule has 0 aromatic carbocycles. The molecule has 0 bridgehead atoms. The maximum Gasteiger partial charge on any atom is 0.321 e. The third-order valence-electron chi connectivity index (χ3n) is 1.64. The monoisotopic (exact) mass is 225 g/mol. The molecule has 2 atom stereocenters. The molecule has 0 fully saturated rings. The number of hydrogen-bond donors (Lipinski definition) is 2. The third-order valence-corrected chi connectivity index (χ3v) is 3.52. The lowest BCUT2D eigenvalue weighted by Crippen LogP contribution is -2.43. The van der Waals surface area contributed by atoms with E-state index in [4.69, 9.17) is 5.11 Å². The van der Waals surface area contributed by atoms with Crippen LogP contribution in [-0.4, -0.2) is 44.5 Å². The standard InChI is InChI=1S/C7H15NO5S/c1-5(4-13-3)14(11,12)8-6(2)7(9)10/h5-6,8H,4H2,1-3H3,(H,9,10)/t5?,6-/m0/s1. The third kappa shape index (κ3) is 4.03. The van der Waals surface area contributed by atoms with E-state index in [0.29, 0.717) is 0 Å². The largest absolute Gasteiger partial charge is 0.480 e. The van der Waals surface area contributed by atoms with Crippen LogP contribution in [0.25, 0.3) is 0 Å². The normalized spacial score (nSPS) is 16.2. The summed E-state index contributed by atoms with van der Waals surface area (Å²) in [5.74, 6) is -1.21. The van der Waals surface area contributed by atoms with Crippen molar-refractivity contribution in [2.75, 3.05) is 13.7 Å². The molecule has 0 radical (unpaired) electrons. The first-order chi connectivity index (χ1) is 6.31. The summed E-state index contributed by atoms with van der Waals surface area (Å²) in [6, 6.07) is -1.13. The lowest BCUT2D eigenvalue weighted by atomic mass is 10.4. The van der Waals surface area contributed by atoms with E-state index in [1.165, 1.54) is 21.0 Å². The molecule has 6 nitrogen and oxygen atoms in total. The molecule has 0 aliphatic carbocycles. The Hall–Kier alpha value is -0.660. The quantitative estimate of drug-likeness (QED) is 0.630. The van der Waals surface area contributed by atoms with E-state index in [1.807, 2.05) is 4.72 Å². The predicted octanol–water partition coefficient (Wildman–Crippen LogP) is -0.586. The molecule has 0 aromatic heterocycles. The number of sulfonamides is 1. The Labute approximate surface area is 83.3 Å². The van der Waals surface area contributed by atoms with Gasteiger partial charge in [0.2, 0.25) is 10.0 Å². The SMILES string of the molecule is COCC(C)S(=O)(=O)N[C@@H](C)C(=O)O. The predicted molar refractivity (Wildman–Crippen MR) is 50.5 cm³/mol. The average Bonchev–Trinajstić information content (AvgIpc) is 2.03. The number of methoxy groups -OCH3 is 1. The van der Waals surface area contributed by atoms with Gasteiger partial charge in [0.15, 0.2) is 0 Å². The molecule has 0 heterocycles. The highest BCUT2D eigenvalue weighted by Gasteiger charge is 2.25. The van der Waals surface area contributed by atoms with Crippen LogP contribution in [0.4, 0.5) is 0 Å². The van der Waals surface area contributed by atoms with Gasteiger partial charge in [0.05, 0.1) is 11.9 Å². The average molecular weight is 225 g/mol. The van der Waals surface area contributed by atoms with Gasteiger partial charge in [-0.3, -0.25) is 4.79 Å². The lowest BCUT2D eigenvalue weighted by molar-refractivity contribution is -0.138. The minimum atomic E-state index is -3.62. The van der Waals surface area contributed by atoms with Crippen molar-refractivity contribution in [3.8, 4) is 0 Å². The number of carboxylic acid groups (broad SMARTS) is 1. The van der Waals surface area contributed by atoms with E-state index >= 15 is 0 Å². The Morgan fingerprint density at radius 1 is 1.50 bits per heavy atom. The summed E-state index contributed by atoms with van der Waals surface area (Å²) in [4.78, 5) is 10.4. The first-order valence-electron chi connectivity index (χ1n) is 4.04. The highest BCUT2D eigenvalue weighted by molar-refractivity contribution is 7.90. The number of carbonyl (C=O) groups is 1. The fraction of sp³-hybridized carbons (Fsp3) is 0.857. The van der Waals surface area contributed by atoms with E-state index in [0.717, 1.165) is 0 Å². The van der Waals surface area contributed by atoms with Gasteiger partial charge in [0, 0.05) is 7.11 Å². The molecule has 1 unspecified atom stereocenters. The number of nitrogens with one attached hydrogen (secondary N) is 1. The zero-order valence-electron chi connectivity index (χ0n) is 8.35. The van der Waals surface area contributed by atoms with Crippen molar-refractivity contribution >= 4 is 16.0 Å². The molecule has 14 heavy (non-hydrogen) atoms. The molecular formula is C7H15NO5S. The van der Waals surface area contributed by atoms with E-state index < -0.39 is 27.3 Å². The van der Waals surface area contributed by atoms with E-state index in [9.17, 15) is 13.2 Å². The molecule has 0 spiro atoms. The molecule has 0 saturated heterocycles. The van der Waals surface area contributed by atoms with Crippen molar-refractivity contribution in [2.24, 2.45) is 0 Å². The molecule has 2 N–H and O–H groups in total. The van der Waals surface area contributed by atoms with E-state index in [2.05, 4.69) is 4.74 Å². The van der Waals surface area contributed by atoms with Crippen molar-refractivity contribution in [3.63, 3.8) is 0 Å². The van der Waals surface area contributed by atoms with Crippen LogP contribution in [0, 0.1) is 0 Å². The molecule has 0 aromatic rings. The van der Waals surface area contributed by atoms with E-state index in [-0.39, 0.29) is 6.61 Å². The van der Waals surface area contributed by atoms with Crippen LogP contribution in [0.1, 0.15) is 13.8 Å². The van der Waals surface area contributed by atoms with Crippen molar-refractivity contribution in [1.29, 1.82) is 0 Å². The second kappa shape index (κ2) is 5.28. The van der Waals surface area contributed by atoms with Gasteiger partial charge in [0.25, 0.3) is 0 Å². The summed E-state index contributed by atoms with van der Waals surface area (Å²) in [5.41, 5.74) is 0. The Bertz CT molecular complexity index is 286. The van der Waals surface area contributed by atoms with Crippen LogP contribution in [-0.2, 0) is 19.6 Å². The van der Waals surface area contributed by atoms with Crippen LogP contribution >= 0.6 is 0 Å². The Balaban J connectivity index is 4.41. The van der Waals surface area contributed by atoms with Gasteiger partial charge in [-0.1, -0.05) is 0 Å². The second-order valence-electron chi connectivity index (χ2n) is 2.99. The van der Waals surface area contributed by atoms with Gasteiger partial charge in [-0.05, 0) is 13.8 Å². The minimum Gasteiger partial charge on any atom is -0.480 e. The maximum absolute atomic E-state index is 11.4. The minimum absolute atomic E-state index is 0.0294. The summed E-state index contributed by atoms with van der Waals surface area (Å²) in [6.07, 6.45) is 0. The van der Waals surface area contributed by atoms with Gasteiger partial charge < -0.3 is 9.84 Å². The van der Waals surface area contributed by atoms with Crippen molar-refractivity contribution < 1.29 is 23.1 Å². The molecule has 0 aliphatic rings. The zero-order valence-corrected chi connectivity index (χ0v) is 9.17. The van der Waals surface area contributed by atoms with Gasteiger partial charge >= 0.3 is 5.97 Å². The second-order valence-corrected chi connectivity index (χ2v) is 5.12. The molecule has 7 heteroatoms. The topological polar surface area (TPSA) is 92.7 Å². The number of aliphatic carboxylic acids is 1. The zero-order chi connectivity index (χ0) is 11.4. The van der Waals surface area contributed by atoms with Gasteiger partial charge in [0.1, 0.15) is 6.04 Å². The molecule has 0 amide bonds. The van der Waals surface area contributed by atoms with Crippen molar-refractivity contribution in [2.45, 2.75) is 25.1 Å². The number of rotatable bonds is 6. The fourth-order valence-electron chi connectivity index (χ4n) is 0.737. The van der Waals surface area contributed by atoms with E-state index in [1.54, 1.807) is 0 Å². The fourth-order valence-corrected chi connectivity index (χ4v) is 1.88. The molecular weight excluding hydrogens is 210 g/mol. The van der Waals surface area contributed by atoms with Gasteiger partial charge in [-0.25, -0.2) is 13.1 Å². The van der Waals surface area contributed by atoms with Gasteiger partial charge in [-0.15, -0.1) is 0 Å². The highest BCUT2D eigenvalue weighted by atomic mass is 32.2. The first kappa shape index (κ1) is 13.3. The van der Waals surface area contributed by atoms with Crippen molar-refractivity contribution in [3.05, 3.63) is 0 Å². The van der Waals surface area contributed by atoms with Crippen LogP contribution < -0.4 is 4.72 Å². The molecule has 0 saturated carbocycles. The summed E-state index contributed by atoms with van der Waals surface area (Å²) in [6.45, 7) is 2.74. The molecule has 0 aliphatic heterocycles. The number of carboxylic acids is 1. The number of ether oxygens (including phenoxy) is 1. The summed E-state index contributed by atoms with van der Waals surface area (Å²) in [5, 5.41) is 7.73. The maximum atomic E-state index is 11.4.